The van der Waals surface area contributed by atoms with Gasteiger partial charge in [0.2, 0.25) is 5.91 Å². The van der Waals surface area contributed by atoms with Crippen LogP contribution in [0.1, 0.15) is 30.7 Å². The van der Waals surface area contributed by atoms with Gasteiger partial charge in [0, 0.05) is 17.0 Å². The number of nitro groups is 1. The number of amides is 1. The Morgan fingerprint density at radius 2 is 2.27 bits per heavy atom. The summed E-state index contributed by atoms with van der Waals surface area (Å²) < 4.78 is 5.19. The van der Waals surface area contributed by atoms with E-state index in [1.165, 1.54) is 30.2 Å². The number of methoxy groups -OCH3 is 1. The maximum absolute atomic E-state index is 12.8. The number of carbonyl (C=O) groups is 1. The van der Waals surface area contributed by atoms with Crippen LogP contribution < -0.4 is 10.1 Å². The van der Waals surface area contributed by atoms with Crippen LogP contribution in [0.25, 0.3) is 0 Å². The van der Waals surface area contributed by atoms with E-state index in [9.17, 15) is 14.9 Å². The molecule has 1 aromatic carbocycles. The molecule has 1 fully saturated rings. The Balaban J connectivity index is 1.74. The Bertz CT molecular complexity index is 794. The van der Waals surface area contributed by atoms with E-state index in [1.807, 2.05) is 13.0 Å². The molecule has 26 heavy (non-hydrogen) atoms. The van der Waals surface area contributed by atoms with Gasteiger partial charge in [-0.05, 0) is 43.8 Å². The molecule has 1 aliphatic rings. The fourth-order valence-electron chi connectivity index (χ4n) is 3.32. The van der Waals surface area contributed by atoms with Crippen molar-refractivity contribution in [1.82, 2.24) is 4.90 Å². The third-order valence-corrected chi connectivity index (χ3v) is 5.67. The van der Waals surface area contributed by atoms with Crippen LogP contribution in [0.3, 0.4) is 0 Å². The first-order chi connectivity index (χ1) is 12.5. The molecule has 7 nitrogen and oxygen atoms in total. The van der Waals surface area contributed by atoms with Gasteiger partial charge in [-0.1, -0.05) is 6.07 Å². The van der Waals surface area contributed by atoms with Gasteiger partial charge in [0.05, 0.1) is 29.8 Å². The molecule has 1 N–H and O–H groups in total. The molecule has 2 atom stereocenters. The Kier molecular flexibility index (Phi) is 5.53. The van der Waals surface area contributed by atoms with Crippen molar-refractivity contribution >= 4 is 28.6 Å². The van der Waals surface area contributed by atoms with Crippen molar-refractivity contribution in [3.63, 3.8) is 0 Å². The summed E-state index contributed by atoms with van der Waals surface area (Å²) in [6.45, 7) is 2.76. The first-order valence-electron chi connectivity index (χ1n) is 8.43. The third kappa shape index (κ3) is 3.71. The van der Waals surface area contributed by atoms with E-state index in [2.05, 4.69) is 21.7 Å². The number of hydrogen-bond donors (Lipinski definition) is 1. The molecule has 0 spiro atoms. The minimum atomic E-state index is -0.493. The van der Waals surface area contributed by atoms with Gasteiger partial charge >= 0.3 is 0 Å². The molecule has 0 bridgehead atoms. The number of thiophene rings is 1. The van der Waals surface area contributed by atoms with Crippen molar-refractivity contribution in [1.29, 1.82) is 0 Å². The number of benzene rings is 1. The summed E-state index contributed by atoms with van der Waals surface area (Å²) in [5, 5.41) is 15.8. The average Bonchev–Trinajstić information content (AvgIpc) is 3.32. The molecule has 1 aliphatic heterocycles. The monoisotopic (exact) mass is 375 g/mol. The van der Waals surface area contributed by atoms with E-state index in [0.717, 1.165) is 19.4 Å². The molecule has 1 saturated heterocycles. The molecular weight excluding hydrogens is 354 g/mol. The standard InChI is InChI=1S/C18H21N3O4S/c1-12(20-9-3-5-15(20)17-6-4-10-26-17)18(22)19-14-8-7-13(21(23)24)11-16(14)25-2/h4,6-8,10-12,15H,3,5,9H2,1-2H3,(H,19,22)/t12-,15+/m0/s1. The molecule has 2 heterocycles. The highest BCUT2D eigenvalue weighted by Crippen LogP contribution is 2.36. The van der Waals surface area contributed by atoms with E-state index < -0.39 is 4.92 Å². The lowest BCUT2D eigenvalue weighted by Crippen LogP contribution is -2.41. The Hall–Kier alpha value is -2.45. The first kappa shape index (κ1) is 18.3. The number of rotatable bonds is 6. The van der Waals surface area contributed by atoms with E-state index in [4.69, 9.17) is 4.74 Å². The molecule has 1 amide bonds. The van der Waals surface area contributed by atoms with Gasteiger partial charge in [-0.3, -0.25) is 19.8 Å². The number of ether oxygens (including phenoxy) is 1. The minimum Gasteiger partial charge on any atom is -0.494 e. The van der Waals surface area contributed by atoms with Crippen LogP contribution in [0, 0.1) is 10.1 Å². The van der Waals surface area contributed by atoms with Crippen molar-refractivity contribution in [2.75, 3.05) is 19.0 Å². The van der Waals surface area contributed by atoms with Crippen molar-refractivity contribution in [3.05, 3.63) is 50.7 Å². The molecule has 2 aromatic rings. The Morgan fingerprint density at radius 3 is 2.92 bits per heavy atom. The number of hydrogen-bond acceptors (Lipinski definition) is 6. The van der Waals surface area contributed by atoms with Crippen molar-refractivity contribution in [2.24, 2.45) is 0 Å². The summed E-state index contributed by atoms with van der Waals surface area (Å²) in [6, 6.07) is 8.25. The molecule has 138 valence electrons. The first-order valence-corrected chi connectivity index (χ1v) is 9.31. The summed E-state index contributed by atoms with van der Waals surface area (Å²) >= 11 is 1.71. The van der Waals surface area contributed by atoms with Gasteiger partial charge in [0.15, 0.2) is 0 Å². The van der Waals surface area contributed by atoms with Crippen molar-refractivity contribution in [2.45, 2.75) is 31.8 Å². The van der Waals surface area contributed by atoms with E-state index in [1.54, 1.807) is 11.3 Å². The smallest absolute Gasteiger partial charge is 0.273 e. The van der Waals surface area contributed by atoms with Gasteiger partial charge in [0.25, 0.3) is 5.69 Å². The van der Waals surface area contributed by atoms with Crippen LogP contribution in [-0.4, -0.2) is 35.4 Å². The number of nitrogens with zero attached hydrogens (tertiary/aromatic N) is 2. The summed E-state index contributed by atoms with van der Waals surface area (Å²) in [6.07, 6.45) is 2.10. The maximum atomic E-state index is 12.8. The van der Waals surface area contributed by atoms with Crippen LogP contribution in [0.5, 0.6) is 5.75 Å². The highest BCUT2D eigenvalue weighted by molar-refractivity contribution is 7.10. The normalized spacial score (nSPS) is 18.5. The molecule has 8 heteroatoms. The highest BCUT2D eigenvalue weighted by atomic mass is 32.1. The Labute approximate surface area is 155 Å². The van der Waals surface area contributed by atoms with Crippen molar-refractivity contribution in [3.8, 4) is 5.75 Å². The highest BCUT2D eigenvalue weighted by Gasteiger charge is 2.33. The minimum absolute atomic E-state index is 0.0785. The SMILES string of the molecule is COc1cc([N+](=O)[O-])ccc1NC(=O)[C@H](C)N1CCC[C@@H]1c1cccs1. The average molecular weight is 375 g/mol. The van der Waals surface area contributed by atoms with Crippen LogP contribution in [0.4, 0.5) is 11.4 Å². The summed E-state index contributed by atoms with van der Waals surface area (Å²) in [7, 11) is 1.42. The lowest BCUT2D eigenvalue weighted by atomic mass is 10.1. The van der Waals surface area contributed by atoms with Crippen molar-refractivity contribution < 1.29 is 14.5 Å². The van der Waals surface area contributed by atoms with Crippen LogP contribution in [0.2, 0.25) is 0 Å². The molecule has 0 radical (unpaired) electrons. The second-order valence-electron chi connectivity index (χ2n) is 6.22. The largest absolute Gasteiger partial charge is 0.494 e. The van der Waals surface area contributed by atoms with Gasteiger partial charge in [-0.2, -0.15) is 0 Å². The number of carbonyl (C=O) groups excluding carboxylic acids is 1. The fraction of sp³-hybridized carbons (Fsp3) is 0.389. The second-order valence-corrected chi connectivity index (χ2v) is 7.20. The zero-order valence-electron chi connectivity index (χ0n) is 14.7. The van der Waals surface area contributed by atoms with E-state index in [-0.39, 0.29) is 29.4 Å². The topological polar surface area (TPSA) is 84.7 Å². The fourth-order valence-corrected chi connectivity index (χ4v) is 4.21. The second kappa shape index (κ2) is 7.84. The molecule has 0 saturated carbocycles. The summed E-state index contributed by atoms with van der Waals surface area (Å²) in [4.78, 5) is 26.6. The van der Waals surface area contributed by atoms with Gasteiger partial charge in [-0.15, -0.1) is 11.3 Å². The summed E-state index contributed by atoms with van der Waals surface area (Å²) in [5.41, 5.74) is 0.354. The van der Waals surface area contributed by atoms with Gasteiger partial charge in [0.1, 0.15) is 5.75 Å². The molecular formula is C18H21N3O4S. The third-order valence-electron chi connectivity index (χ3n) is 4.70. The van der Waals surface area contributed by atoms with E-state index in [0.29, 0.717) is 5.69 Å². The van der Waals surface area contributed by atoms with Crippen LogP contribution >= 0.6 is 11.3 Å². The number of nitrogens with one attached hydrogen (secondary N) is 1. The zero-order valence-corrected chi connectivity index (χ0v) is 15.5. The maximum Gasteiger partial charge on any atom is 0.273 e. The van der Waals surface area contributed by atoms with E-state index >= 15 is 0 Å². The predicted octanol–water partition coefficient (Wildman–Crippen LogP) is 3.83. The zero-order chi connectivity index (χ0) is 18.7. The Morgan fingerprint density at radius 1 is 1.46 bits per heavy atom. The molecule has 3 rings (SSSR count). The van der Waals surface area contributed by atoms with Crippen LogP contribution in [-0.2, 0) is 4.79 Å². The van der Waals surface area contributed by atoms with Gasteiger partial charge < -0.3 is 10.1 Å². The molecule has 0 unspecified atom stereocenters. The number of non-ortho nitro benzene ring substituents is 1. The van der Waals surface area contributed by atoms with Crippen LogP contribution in [0.15, 0.2) is 35.7 Å². The lowest BCUT2D eigenvalue weighted by molar-refractivity contribution is -0.384. The summed E-state index contributed by atoms with van der Waals surface area (Å²) in [5.74, 6) is 0.122. The predicted molar refractivity (Wildman–Crippen MR) is 101 cm³/mol. The van der Waals surface area contributed by atoms with Gasteiger partial charge in [-0.25, -0.2) is 0 Å². The lowest BCUT2D eigenvalue weighted by Gasteiger charge is -2.29. The quantitative estimate of drug-likeness (QED) is 0.613. The number of anilines is 1. The number of likely N-dealkylation sites (tertiary alicyclic amines) is 1. The number of nitro benzene ring substituents is 1. The molecule has 1 aromatic heterocycles. The molecule has 0 aliphatic carbocycles.